The lowest BCUT2D eigenvalue weighted by Gasteiger charge is -2.31. The second kappa shape index (κ2) is 12.0. The van der Waals surface area contributed by atoms with Gasteiger partial charge in [0.05, 0.1) is 16.6 Å². The van der Waals surface area contributed by atoms with Crippen molar-refractivity contribution in [1.82, 2.24) is 14.4 Å². The van der Waals surface area contributed by atoms with Gasteiger partial charge in [-0.05, 0) is 50.1 Å². The molecule has 170 valence electrons. The number of aryl methyl sites for hydroxylation is 1. The minimum absolute atomic E-state index is 0.0102. The highest BCUT2D eigenvalue weighted by Gasteiger charge is 2.25. The maximum Gasteiger partial charge on any atom is 0.322 e. The number of hydrogen-bond acceptors (Lipinski definition) is 2. The Labute approximate surface area is 195 Å². The Hall–Kier alpha value is -2.18. The van der Waals surface area contributed by atoms with Gasteiger partial charge in [0.25, 0.3) is 0 Å². The summed E-state index contributed by atoms with van der Waals surface area (Å²) in [5, 5.41) is 3.61. The fourth-order valence-electron chi connectivity index (χ4n) is 3.16. The Balaban J connectivity index is 2.15. The van der Waals surface area contributed by atoms with Crippen LogP contribution in [0.4, 0.5) is 10.5 Å². The smallest absolute Gasteiger partial charge is 0.322 e. The fourth-order valence-corrected chi connectivity index (χ4v) is 3.46. The van der Waals surface area contributed by atoms with Gasteiger partial charge < -0.3 is 19.7 Å². The summed E-state index contributed by atoms with van der Waals surface area (Å²) in [7, 11) is 1.97. The van der Waals surface area contributed by atoms with Crippen LogP contribution in [-0.4, -0.2) is 45.4 Å². The number of rotatable bonds is 10. The van der Waals surface area contributed by atoms with Gasteiger partial charge >= 0.3 is 6.03 Å². The summed E-state index contributed by atoms with van der Waals surface area (Å²) in [6, 6.07) is 8.45. The van der Waals surface area contributed by atoms with Gasteiger partial charge in [-0.3, -0.25) is 4.79 Å². The van der Waals surface area contributed by atoms with Crippen LogP contribution in [0.5, 0.6) is 0 Å². The third-order valence-corrected chi connectivity index (χ3v) is 6.14. The highest BCUT2D eigenvalue weighted by atomic mass is 35.5. The van der Waals surface area contributed by atoms with Gasteiger partial charge in [0.2, 0.25) is 5.91 Å². The molecule has 0 fully saturated rings. The van der Waals surface area contributed by atoms with Gasteiger partial charge in [0, 0.05) is 37.2 Å². The molecule has 1 aromatic heterocycles. The van der Waals surface area contributed by atoms with Crippen molar-refractivity contribution in [3.63, 3.8) is 0 Å². The average Bonchev–Trinajstić information content (AvgIpc) is 3.15. The van der Waals surface area contributed by atoms with Crippen LogP contribution in [0.1, 0.15) is 45.7 Å². The molecule has 0 saturated heterocycles. The van der Waals surface area contributed by atoms with Crippen LogP contribution in [0.2, 0.25) is 10.0 Å². The summed E-state index contributed by atoms with van der Waals surface area (Å²) >= 11 is 12.0. The van der Waals surface area contributed by atoms with E-state index < -0.39 is 0 Å². The van der Waals surface area contributed by atoms with Crippen molar-refractivity contribution in [2.75, 3.05) is 18.4 Å². The number of carbonyl (C=O) groups is 2. The van der Waals surface area contributed by atoms with E-state index in [4.69, 9.17) is 23.2 Å². The molecule has 0 spiro atoms. The molecule has 1 atom stereocenters. The predicted octanol–water partition coefficient (Wildman–Crippen LogP) is 5.79. The number of amides is 3. The number of benzene rings is 1. The van der Waals surface area contributed by atoms with Crippen LogP contribution in [0.25, 0.3) is 0 Å². The predicted molar refractivity (Wildman–Crippen MR) is 128 cm³/mol. The molecule has 1 N–H and O–H groups in total. The van der Waals surface area contributed by atoms with E-state index in [1.165, 1.54) is 0 Å². The van der Waals surface area contributed by atoms with Crippen molar-refractivity contribution >= 4 is 40.8 Å². The third kappa shape index (κ3) is 7.18. The molecule has 8 heteroatoms. The first-order valence-corrected chi connectivity index (χ1v) is 11.4. The zero-order valence-electron chi connectivity index (χ0n) is 18.7. The number of urea groups is 1. The van der Waals surface area contributed by atoms with E-state index in [0.717, 1.165) is 25.0 Å². The molecule has 0 saturated carbocycles. The molecule has 31 heavy (non-hydrogen) atoms. The number of carbonyl (C=O) groups excluding carboxylic acids is 2. The topological polar surface area (TPSA) is 57.6 Å². The molecule has 3 amide bonds. The van der Waals surface area contributed by atoms with E-state index in [0.29, 0.717) is 28.8 Å². The Bertz CT molecular complexity index is 884. The molecule has 0 aliphatic rings. The minimum atomic E-state index is -0.338. The molecule has 1 unspecified atom stereocenters. The van der Waals surface area contributed by atoms with Crippen LogP contribution in [0, 0.1) is 0 Å². The number of halogens is 2. The Morgan fingerprint density at radius 3 is 2.48 bits per heavy atom. The summed E-state index contributed by atoms with van der Waals surface area (Å²) in [5.41, 5.74) is 1.59. The molecule has 1 aromatic carbocycles. The molecule has 0 aliphatic carbocycles. The third-order valence-electron chi connectivity index (χ3n) is 5.40. The van der Waals surface area contributed by atoms with E-state index in [1.807, 2.05) is 48.7 Å². The van der Waals surface area contributed by atoms with Gasteiger partial charge in [0.15, 0.2) is 0 Å². The zero-order valence-corrected chi connectivity index (χ0v) is 20.2. The zero-order chi connectivity index (χ0) is 23.0. The summed E-state index contributed by atoms with van der Waals surface area (Å²) in [5.74, 6) is -0.0701. The maximum absolute atomic E-state index is 13.2. The second-order valence-corrected chi connectivity index (χ2v) is 8.54. The van der Waals surface area contributed by atoms with E-state index in [-0.39, 0.29) is 24.5 Å². The number of nitrogens with zero attached hydrogens (tertiary/aromatic N) is 3. The molecule has 2 rings (SSSR count). The van der Waals surface area contributed by atoms with E-state index in [1.54, 1.807) is 23.1 Å². The Morgan fingerprint density at radius 2 is 1.90 bits per heavy atom. The molecule has 0 radical (unpaired) electrons. The normalized spacial score (nSPS) is 11.8. The van der Waals surface area contributed by atoms with E-state index in [9.17, 15) is 9.59 Å². The van der Waals surface area contributed by atoms with E-state index >= 15 is 0 Å². The highest BCUT2D eigenvalue weighted by Crippen LogP contribution is 2.25. The van der Waals surface area contributed by atoms with Crippen LogP contribution in [0.3, 0.4) is 0 Å². The standard InChI is InChI=1S/C23H32Cl2N4O2/c1-5-7-13-28(15-19-9-8-12-27(19)4)22(30)16-29(17(3)6-2)23(31)26-18-10-11-20(24)21(25)14-18/h8-12,14,17H,5-7,13,15-16H2,1-4H3,(H,26,31). The fraction of sp³-hybridized carbons (Fsp3) is 0.478. The maximum atomic E-state index is 13.2. The van der Waals surface area contributed by atoms with Crippen LogP contribution in [-0.2, 0) is 18.4 Å². The van der Waals surface area contributed by atoms with Crippen molar-refractivity contribution < 1.29 is 9.59 Å². The molecule has 1 heterocycles. The molecule has 2 aromatic rings. The lowest BCUT2D eigenvalue weighted by atomic mass is 10.2. The number of anilines is 1. The van der Waals surface area contributed by atoms with Crippen molar-refractivity contribution in [1.29, 1.82) is 0 Å². The average molecular weight is 467 g/mol. The van der Waals surface area contributed by atoms with Crippen molar-refractivity contribution in [2.24, 2.45) is 7.05 Å². The quantitative estimate of drug-likeness (QED) is 0.481. The first kappa shape index (κ1) is 25.1. The summed E-state index contributed by atoms with van der Waals surface area (Å²) < 4.78 is 2.01. The first-order valence-electron chi connectivity index (χ1n) is 10.7. The Kier molecular flexibility index (Phi) is 9.72. The summed E-state index contributed by atoms with van der Waals surface area (Å²) in [6.07, 6.45) is 4.60. The van der Waals surface area contributed by atoms with Crippen LogP contribution in [0.15, 0.2) is 36.5 Å². The molecule has 0 aliphatic heterocycles. The van der Waals surface area contributed by atoms with Crippen molar-refractivity contribution in [2.45, 2.75) is 52.6 Å². The SMILES string of the molecule is CCCCN(Cc1cccn1C)C(=O)CN(C(=O)Nc1ccc(Cl)c(Cl)c1)C(C)CC. The first-order chi connectivity index (χ1) is 14.8. The molecule has 6 nitrogen and oxygen atoms in total. The van der Waals surface area contributed by atoms with E-state index in [2.05, 4.69) is 12.2 Å². The molecular formula is C23H32Cl2N4O2. The van der Waals surface area contributed by atoms with Crippen LogP contribution >= 0.6 is 23.2 Å². The molecular weight excluding hydrogens is 435 g/mol. The van der Waals surface area contributed by atoms with Crippen molar-refractivity contribution in [3.8, 4) is 0 Å². The summed E-state index contributed by atoms with van der Waals surface area (Å²) in [6.45, 7) is 7.22. The van der Waals surface area contributed by atoms with Gasteiger partial charge in [-0.2, -0.15) is 0 Å². The van der Waals surface area contributed by atoms with Gasteiger partial charge in [-0.15, -0.1) is 0 Å². The number of nitrogens with one attached hydrogen (secondary N) is 1. The van der Waals surface area contributed by atoms with Crippen LogP contribution < -0.4 is 5.32 Å². The second-order valence-electron chi connectivity index (χ2n) is 7.72. The van der Waals surface area contributed by atoms with Gasteiger partial charge in [0.1, 0.15) is 6.54 Å². The minimum Gasteiger partial charge on any atom is -0.353 e. The number of aromatic nitrogens is 1. The Morgan fingerprint density at radius 1 is 1.16 bits per heavy atom. The lowest BCUT2D eigenvalue weighted by molar-refractivity contribution is -0.133. The number of unbranched alkanes of at least 4 members (excludes halogenated alkanes) is 1. The lowest BCUT2D eigenvalue weighted by Crippen LogP contribution is -2.48. The van der Waals surface area contributed by atoms with Crippen molar-refractivity contribution in [3.05, 3.63) is 52.3 Å². The van der Waals surface area contributed by atoms with Gasteiger partial charge in [-0.25, -0.2) is 4.79 Å². The largest absolute Gasteiger partial charge is 0.353 e. The highest BCUT2D eigenvalue weighted by molar-refractivity contribution is 6.42. The molecule has 0 bridgehead atoms. The summed E-state index contributed by atoms with van der Waals surface area (Å²) in [4.78, 5) is 29.7. The number of hydrogen-bond donors (Lipinski definition) is 1. The monoisotopic (exact) mass is 466 g/mol. The van der Waals surface area contributed by atoms with Gasteiger partial charge in [-0.1, -0.05) is 43.5 Å².